The smallest absolute Gasteiger partial charge is 0.318 e. The lowest BCUT2D eigenvalue weighted by Crippen LogP contribution is -2.58. The molecular formula is C18H29N3O3. The van der Waals surface area contributed by atoms with E-state index in [9.17, 15) is 4.79 Å². The average molecular weight is 335 g/mol. The molecule has 0 aliphatic carbocycles. The number of carbonyl (C=O) groups is 1. The monoisotopic (exact) mass is 335 g/mol. The van der Waals surface area contributed by atoms with Gasteiger partial charge in [-0.25, -0.2) is 4.79 Å². The molecule has 1 aromatic heterocycles. The SMILES string of the molecule is COCCC(NC(=O)N1CCN2CCCCC2C1)c1ccc(C)o1. The topological polar surface area (TPSA) is 58.0 Å². The highest BCUT2D eigenvalue weighted by atomic mass is 16.5. The van der Waals surface area contributed by atoms with Crippen molar-refractivity contribution in [3.63, 3.8) is 0 Å². The molecule has 0 saturated carbocycles. The molecule has 6 heteroatoms. The van der Waals surface area contributed by atoms with E-state index in [0.29, 0.717) is 19.1 Å². The van der Waals surface area contributed by atoms with Gasteiger partial charge in [-0.2, -0.15) is 0 Å². The standard InChI is InChI=1S/C18H29N3O3/c1-14-6-7-17(24-14)16(8-12-23-2)19-18(22)21-11-10-20-9-4-3-5-15(20)13-21/h6-7,15-16H,3-5,8-13H2,1-2H3,(H,19,22). The van der Waals surface area contributed by atoms with Crippen LogP contribution in [0, 0.1) is 6.92 Å². The number of nitrogens with one attached hydrogen (secondary N) is 1. The van der Waals surface area contributed by atoms with Crippen molar-refractivity contribution in [1.82, 2.24) is 15.1 Å². The highest BCUT2D eigenvalue weighted by molar-refractivity contribution is 5.74. The van der Waals surface area contributed by atoms with Crippen molar-refractivity contribution in [2.45, 2.75) is 44.7 Å². The van der Waals surface area contributed by atoms with Gasteiger partial charge in [-0.05, 0) is 44.9 Å². The molecule has 2 fully saturated rings. The maximum absolute atomic E-state index is 12.7. The van der Waals surface area contributed by atoms with Gasteiger partial charge in [-0.3, -0.25) is 4.90 Å². The third-order valence-corrected chi connectivity index (χ3v) is 5.14. The fourth-order valence-electron chi connectivity index (χ4n) is 3.74. The van der Waals surface area contributed by atoms with Crippen LogP contribution < -0.4 is 5.32 Å². The van der Waals surface area contributed by atoms with Gasteiger partial charge in [0.1, 0.15) is 11.5 Å². The minimum atomic E-state index is -0.143. The molecule has 134 valence electrons. The molecule has 3 heterocycles. The second-order valence-electron chi connectivity index (χ2n) is 6.86. The van der Waals surface area contributed by atoms with Crippen molar-refractivity contribution >= 4 is 6.03 Å². The van der Waals surface area contributed by atoms with Crippen molar-refractivity contribution in [1.29, 1.82) is 0 Å². The van der Waals surface area contributed by atoms with E-state index in [4.69, 9.17) is 9.15 Å². The number of nitrogens with zero attached hydrogens (tertiary/aromatic N) is 2. The summed E-state index contributed by atoms with van der Waals surface area (Å²) in [6, 6.07) is 4.27. The summed E-state index contributed by atoms with van der Waals surface area (Å²) in [5.74, 6) is 1.66. The summed E-state index contributed by atoms with van der Waals surface area (Å²) in [4.78, 5) is 17.2. The molecule has 1 N–H and O–H groups in total. The van der Waals surface area contributed by atoms with Crippen LogP contribution >= 0.6 is 0 Å². The number of hydrogen-bond acceptors (Lipinski definition) is 4. The van der Waals surface area contributed by atoms with Crippen LogP contribution in [0.5, 0.6) is 0 Å². The normalized spacial score (nSPS) is 22.9. The Labute approximate surface area is 144 Å². The van der Waals surface area contributed by atoms with Crippen molar-refractivity contribution in [2.75, 3.05) is 39.9 Å². The Kier molecular flexibility index (Phi) is 5.79. The maximum atomic E-state index is 12.7. The van der Waals surface area contributed by atoms with Crippen molar-refractivity contribution in [3.05, 3.63) is 23.7 Å². The maximum Gasteiger partial charge on any atom is 0.318 e. The Morgan fingerprint density at radius 1 is 1.38 bits per heavy atom. The number of carbonyl (C=O) groups excluding carboxylic acids is 1. The molecule has 6 nitrogen and oxygen atoms in total. The molecule has 2 aliphatic heterocycles. The molecule has 2 saturated heterocycles. The van der Waals surface area contributed by atoms with Gasteiger partial charge in [-0.1, -0.05) is 6.42 Å². The summed E-state index contributed by atoms with van der Waals surface area (Å²) in [6.45, 7) is 6.31. The van der Waals surface area contributed by atoms with Crippen LogP contribution in [0.4, 0.5) is 4.79 Å². The Morgan fingerprint density at radius 3 is 3.00 bits per heavy atom. The number of fused-ring (bicyclic) bond motifs is 1. The number of piperazine rings is 1. The van der Waals surface area contributed by atoms with Crippen LogP contribution in [0.25, 0.3) is 0 Å². The number of hydrogen-bond donors (Lipinski definition) is 1. The molecule has 0 aromatic carbocycles. The Morgan fingerprint density at radius 2 is 2.25 bits per heavy atom. The predicted molar refractivity (Wildman–Crippen MR) is 92.0 cm³/mol. The summed E-state index contributed by atoms with van der Waals surface area (Å²) in [6.07, 6.45) is 4.48. The molecule has 3 rings (SSSR count). The van der Waals surface area contributed by atoms with Crippen LogP contribution in [0.2, 0.25) is 0 Å². The highest BCUT2D eigenvalue weighted by Crippen LogP contribution is 2.23. The summed E-state index contributed by atoms with van der Waals surface area (Å²) in [5.41, 5.74) is 0. The van der Waals surface area contributed by atoms with E-state index < -0.39 is 0 Å². The number of rotatable bonds is 5. The number of methoxy groups -OCH3 is 1. The van der Waals surface area contributed by atoms with Crippen molar-refractivity contribution in [2.24, 2.45) is 0 Å². The number of amides is 2. The molecular weight excluding hydrogens is 306 g/mol. The Bertz CT molecular complexity index is 545. The Hall–Kier alpha value is -1.53. The predicted octanol–water partition coefficient (Wildman–Crippen LogP) is 2.55. The van der Waals surface area contributed by atoms with Crippen LogP contribution in [0.15, 0.2) is 16.5 Å². The Balaban J connectivity index is 1.60. The first-order chi connectivity index (χ1) is 11.7. The lowest BCUT2D eigenvalue weighted by Gasteiger charge is -2.44. The third kappa shape index (κ3) is 4.11. The van der Waals surface area contributed by atoms with Gasteiger partial charge < -0.3 is 19.4 Å². The number of furan rings is 1. The van der Waals surface area contributed by atoms with Crippen LogP contribution in [-0.2, 0) is 4.74 Å². The number of aryl methyl sites for hydroxylation is 1. The summed E-state index contributed by atoms with van der Waals surface area (Å²) >= 11 is 0. The van der Waals surface area contributed by atoms with Gasteiger partial charge in [0.15, 0.2) is 0 Å². The van der Waals surface area contributed by atoms with E-state index in [1.54, 1.807) is 7.11 Å². The molecule has 24 heavy (non-hydrogen) atoms. The van der Waals surface area contributed by atoms with Gasteiger partial charge in [0.2, 0.25) is 0 Å². The van der Waals surface area contributed by atoms with E-state index in [2.05, 4.69) is 10.2 Å². The lowest BCUT2D eigenvalue weighted by atomic mass is 10.00. The van der Waals surface area contributed by atoms with Crippen molar-refractivity contribution in [3.8, 4) is 0 Å². The van der Waals surface area contributed by atoms with Crippen LogP contribution in [0.3, 0.4) is 0 Å². The van der Waals surface area contributed by atoms with E-state index in [1.807, 2.05) is 24.0 Å². The molecule has 2 unspecified atom stereocenters. The number of piperidine rings is 1. The first-order valence-electron chi connectivity index (χ1n) is 9.02. The molecule has 2 amide bonds. The zero-order valence-electron chi connectivity index (χ0n) is 14.8. The van der Waals surface area contributed by atoms with Gasteiger partial charge >= 0.3 is 6.03 Å². The summed E-state index contributed by atoms with van der Waals surface area (Å²) < 4.78 is 10.9. The van der Waals surface area contributed by atoms with Gasteiger partial charge in [0.05, 0.1) is 6.04 Å². The minimum absolute atomic E-state index is 0.00961. The third-order valence-electron chi connectivity index (χ3n) is 5.14. The molecule has 0 bridgehead atoms. The molecule has 2 atom stereocenters. The molecule has 0 spiro atoms. The zero-order valence-corrected chi connectivity index (χ0v) is 14.8. The van der Waals surface area contributed by atoms with Gasteiger partial charge in [0.25, 0.3) is 0 Å². The van der Waals surface area contributed by atoms with Gasteiger partial charge in [0, 0.05) is 39.4 Å². The fourth-order valence-corrected chi connectivity index (χ4v) is 3.74. The summed E-state index contributed by atoms with van der Waals surface area (Å²) in [5, 5.41) is 3.14. The summed E-state index contributed by atoms with van der Waals surface area (Å²) in [7, 11) is 1.68. The van der Waals surface area contributed by atoms with Crippen molar-refractivity contribution < 1.29 is 13.9 Å². The van der Waals surface area contributed by atoms with Gasteiger partial charge in [-0.15, -0.1) is 0 Å². The van der Waals surface area contributed by atoms with Crippen LogP contribution in [0.1, 0.15) is 43.2 Å². The fraction of sp³-hybridized carbons (Fsp3) is 0.722. The number of urea groups is 1. The van der Waals surface area contributed by atoms with E-state index >= 15 is 0 Å². The quantitative estimate of drug-likeness (QED) is 0.898. The molecule has 0 radical (unpaired) electrons. The second-order valence-corrected chi connectivity index (χ2v) is 6.86. The largest absolute Gasteiger partial charge is 0.464 e. The second kappa shape index (κ2) is 8.03. The molecule has 2 aliphatic rings. The first kappa shape index (κ1) is 17.3. The lowest BCUT2D eigenvalue weighted by molar-refractivity contribution is 0.0628. The van der Waals surface area contributed by atoms with E-state index in [0.717, 1.165) is 31.2 Å². The first-order valence-corrected chi connectivity index (χ1v) is 9.02. The average Bonchev–Trinajstić information content (AvgIpc) is 3.04. The molecule has 1 aromatic rings. The minimum Gasteiger partial charge on any atom is -0.464 e. The van der Waals surface area contributed by atoms with Crippen LogP contribution in [-0.4, -0.2) is 61.8 Å². The van der Waals surface area contributed by atoms with E-state index in [1.165, 1.54) is 25.8 Å². The zero-order chi connectivity index (χ0) is 16.9. The van der Waals surface area contributed by atoms with E-state index in [-0.39, 0.29) is 12.1 Å². The number of ether oxygens (including phenoxy) is 1. The highest BCUT2D eigenvalue weighted by Gasteiger charge is 2.32.